The number of halogens is 1. The maximum atomic E-state index is 12.4. The molecule has 0 saturated carbocycles. The van der Waals surface area contributed by atoms with Crippen LogP contribution in [-0.2, 0) is 11.8 Å². The molecule has 0 saturated heterocycles. The Bertz CT molecular complexity index is 1010. The standard InChI is InChI=1S/C18H16BrN5O3S/c1-11(17(25)20-14-7-9-15(10-8-14)24(26)27)28-18-22-21-16(23(18)2)12-3-5-13(19)6-4-12/h3-11H,1-2H3,(H,20,25)/t11-/m1/s1. The van der Waals surface area contributed by atoms with Crippen molar-refractivity contribution in [3.63, 3.8) is 0 Å². The van der Waals surface area contributed by atoms with Crippen molar-refractivity contribution in [1.29, 1.82) is 0 Å². The first-order valence-electron chi connectivity index (χ1n) is 8.22. The Balaban J connectivity index is 1.67. The van der Waals surface area contributed by atoms with Gasteiger partial charge in [-0.25, -0.2) is 0 Å². The monoisotopic (exact) mass is 461 g/mol. The Morgan fingerprint density at radius 2 is 1.82 bits per heavy atom. The van der Waals surface area contributed by atoms with Gasteiger partial charge in [0, 0.05) is 34.9 Å². The van der Waals surface area contributed by atoms with Gasteiger partial charge in [0.1, 0.15) is 0 Å². The summed E-state index contributed by atoms with van der Waals surface area (Å²) in [7, 11) is 1.85. The second-order valence-electron chi connectivity index (χ2n) is 5.93. The van der Waals surface area contributed by atoms with Gasteiger partial charge in [-0.2, -0.15) is 0 Å². The molecule has 0 fully saturated rings. The smallest absolute Gasteiger partial charge is 0.269 e. The number of benzene rings is 2. The third kappa shape index (κ3) is 4.57. The molecule has 0 bridgehead atoms. The molecule has 0 radical (unpaired) electrons. The molecule has 28 heavy (non-hydrogen) atoms. The fraction of sp³-hybridized carbons (Fsp3) is 0.167. The van der Waals surface area contributed by atoms with Gasteiger partial charge in [0.05, 0.1) is 10.2 Å². The summed E-state index contributed by atoms with van der Waals surface area (Å²) in [6, 6.07) is 13.4. The van der Waals surface area contributed by atoms with E-state index in [-0.39, 0.29) is 11.6 Å². The van der Waals surface area contributed by atoms with E-state index in [1.807, 2.05) is 35.9 Å². The summed E-state index contributed by atoms with van der Waals surface area (Å²) >= 11 is 4.69. The van der Waals surface area contributed by atoms with E-state index in [2.05, 4.69) is 31.4 Å². The summed E-state index contributed by atoms with van der Waals surface area (Å²) in [5, 5.41) is 22.0. The molecule has 1 atom stereocenters. The summed E-state index contributed by atoms with van der Waals surface area (Å²) in [4.78, 5) is 22.6. The fourth-order valence-corrected chi connectivity index (χ4v) is 3.47. The highest BCUT2D eigenvalue weighted by Crippen LogP contribution is 2.27. The van der Waals surface area contributed by atoms with Crippen LogP contribution in [-0.4, -0.2) is 30.8 Å². The molecular weight excluding hydrogens is 446 g/mol. The molecule has 2 aromatic carbocycles. The summed E-state index contributed by atoms with van der Waals surface area (Å²) in [5.41, 5.74) is 1.39. The highest BCUT2D eigenvalue weighted by molar-refractivity contribution is 9.10. The molecule has 1 aromatic heterocycles. The number of non-ortho nitro benzene ring substituents is 1. The molecule has 1 heterocycles. The first-order valence-corrected chi connectivity index (χ1v) is 9.89. The molecule has 10 heteroatoms. The van der Waals surface area contributed by atoms with Crippen molar-refractivity contribution in [1.82, 2.24) is 14.8 Å². The maximum absolute atomic E-state index is 12.4. The first kappa shape index (κ1) is 20.0. The molecular formula is C18H16BrN5O3S. The molecule has 8 nitrogen and oxygen atoms in total. The lowest BCUT2D eigenvalue weighted by atomic mass is 10.2. The minimum absolute atomic E-state index is 0.0278. The fourth-order valence-electron chi connectivity index (χ4n) is 2.39. The van der Waals surface area contributed by atoms with Crippen LogP contribution in [0.3, 0.4) is 0 Å². The van der Waals surface area contributed by atoms with Crippen LogP contribution in [0.5, 0.6) is 0 Å². The van der Waals surface area contributed by atoms with Crippen LogP contribution in [0.15, 0.2) is 58.2 Å². The van der Waals surface area contributed by atoms with Crippen molar-refractivity contribution in [3.8, 4) is 11.4 Å². The topological polar surface area (TPSA) is 103 Å². The number of rotatable bonds is 6. The van der Waals surface area contributed by atoms with E-state index >= 15 is 0 Å². The van der Waals surface area contributed by atoms with Gasteiger partial charge in [-0.3, -0.25) is 14.9 Å². The predicted octanol–water partition coefficient (Wildman–Crippen LogP) is 4.27. The zero-order chi connectivity index (χ0) is 20.3. The minimum atomic E-state index is -0.485. The third-order valence-corrected chi connectivity index (χ3v) is 5.60. The van der Waals surface area contributed by atoms with Crippen molar-refractivity contribution in [2.24, 2.45) is 7.05 Å². The number of carbonyl (C=O) groups excluding carboxylic acids is 1. The zero-order valence-corrected chi connectivity index (χ0v) is 17.4. The molecule has 0 unspecified atom stereocenters. The molecule has 3 rings (SSSR count). The SMILES string of the molecule is C[C@@H](Sc1nnc(-c2ccc(Br)cc2)n1C)C(=O)Nc1ccc([N+](=O)[O-])cc1. The Hall–Kier alpha value is -2.72. The number of nitro benzene ring substituents is 1. The van der Waals surface area contributed by atoms with Crippen molar-refractivity contribution in [2.75, 3.05) is 5.32 Å². The number of nitrogens with one attached hydrogen (secondary N) is 1. The van der Waals surface area contributed by atoms with Gasteiger partial charge in [0.15, 0.2) is 11.0 Å². The van der Waals surface area contributed by atoms with E-state index in [1.165, 1.54) is 36.0 Å². The lowest BCUT2D eigenvalue weighted by Gasteiger charge is -2.11. The summed E-state index contributed by atoms with van der Waals surface area (Å²) in [6.07, 6.45) is 0. The van der Waals surface area contributed by atoms with Gasteiger partial charge in [-0.05, 0) is 31.2 Å². The summed E-state index contributed by atoms with van der Waals surface area (Å²) < 4.78 is 2.81. The maximum Gasteiger partial charge on any atom is 0.269 e. The van der Waals surface area contributed by atoms with E-state index in [4.69, 9.17) is 0 Å². The van der Waals surface area contributed by atoms with Crippen LogP contribution in [0.2, 0.25) is 0 Å². The molecule has 144 valence electrons. The van der Waals surface area contributed by atoms with Crippen LogP contribution < -0.4 is 5.32 Å². The molecule has 0 aliphatic rings. The average Bonchev–Trinajstić information content (AvgIpc) is 3.03. The normalized spacial score (nSPS) is 11.8. The van der Waals surface area contributed by atoms with Gasteiger partial charge >= 0.3 is 0 Å². The zero-order valence-electron chi connectivity index (χ0n) is 15.0. The number of amides is 1. The molecule has 1 amide bonds. The van der Waals surface area contributed by atoms with Crippen molar-refractivity contribution in [3.05, 3.63) is 63.1 Å². The Morgan fingerprint density at radius 3 is 2.43 bits per heavy atom. The predicted molar refractivity (Wildman–Crippen MR) is 111 cm³/mol. The Labute approximate surface area is 173 Å². The molecule has 3 aromatic rings. The van der Waals surface area contributed by atoms with Crippen molar-refractivity contribution in [2.45, 2.75) is 17.3 Å². The largest absolute Gasteiger partial charge is 0.325 e. The number of nitrogens with zero attached hydrogens (tertiary/aromatic N) is 4. The lowest BCUT2D eigenvalue weighted by Crippen LogP contribution is -2.22. The number of hydrogen-bond donors (Lipinski definition) is 1. The number of anilines is 1. The first-order chi connectivity index (χ1) is 13.3. The second-order valence-corrected chi connectivity index (χ2v) is 8.15. The van der Waals surface area contributed by atoms with Crippen LogP contribution in [0.1, 0.15) is 6.92 Å². The number of carbonyl (C=O) groups is 1. The van der Waals surface area contributed by atoms with E-state index in [0.29, 0.717) is 16.7 Å². The number of thioether (sulfide) groups is 1. The molecule has 0 aliphatic carbocycles. The Kier molecular flexibility index (Phi) is 6.10. The third-order valence-electron chi connectivity index (χ3n) is 3.93. The van der Waals surface area contributed by atoms with Crippen LogP contribution in [0.4, 0.5) is 11.4 Å². The van der Waals surface area contributed by atoms with Gasteiger partial charge in [-0.1, -0.05) is 39.8 Å². The van der Waals surface area contributed by atoms with E-state index in [0.717, 1.165) is 10.0 Å². The number of nitro groups is 1. The van der Waals surface area contributed by atoms with Gasteiger partial charge < -0.3 is 9.88 Å². The van der Waals surface area contributed by atoms with E-state index < -0.39 is 10.2 Å². The van der Waals surface area contributed by atoms with E-state index in [1.54, 1.807) is 6.92 Å². The van der Waals surface area contributed by atoms with Gasteiger partial charge in [0.2, 0.25) is 5.91 Å². The van der Waals surface area contributed by atoms with Crippen molar-refractivity contribution >= 4 is 45.0 Å². The molecule has 0 aliphatic heterocycles. The van der Waals surface area contributed by atoms with Crippen molar-refractivity contribution < 1.29 is 9.72 Å². The average molecular weight is 462 g/mol. The van der Waals surface area contributed by atoms with Crippen LogP contribution >= 0.6 is 27.7 Å². The lowest BCUT2D eigenvalue weighted by molar-refractivity contribution is -0.384. The number of aromatic nitrogens is 3. The Morgan fingerprint density at radius 1 is 1.18 bits per heavy atom. The quantitative estimate of drug-likeness (QED) is 0.333. The van der Waals surface area contributed by atoms with Crippen LogP contribution in [0.25, 0.3) is 11.4 Å². The highest BCUT2D eigenvalue weighted by atomic mass is 79.9. The molecule has 0 spiro atoms. The number of hydrogen-bond acceptors (Lipinski definition) is 6. The summed E-state index contributed by atoms with van der Waals surface area (Å²) in [5.74, 6) is 0.477. The van der Waals surface area contributed by atoms with Gasteiger partial charge in [0.25, 0.3) is 5.69 Å². The highest BCUT2D eigenvalue weighted by Gasteiger charge is 2.20. The minimum Gasteiger partial charge on any atom is -0.325 e. The molecule has 1 N–H and O–H groups in total. The summed E-state index contributed by atoms with van der Waals surface area (Å²) in [6.45, 7) is 1.76. The second kappa shape index (κ2) is 8.53. The van der Waals surface area contributed by atoms with Gasteiger partial charge in [-0.15, -0.1) is 10.2 Å². The van der Waals surface area contributed by atoms with E-state index in [9.17, 15) is 14.9 Å². The van der Waals surface area contributed by atoms with Crippen LogP contribution in [0, 0.1) is 10.1 Å².